The number of halogens is 1. The molecular formula is C13H15ClN2O2. The molecule has 0 fully saturated rings. The van der Waals surface area contributed by atoms with E-state index in [1.54, 1.807) is 6.92 Å². The van der Waals surface area contributed by atoms with Gasteiger partial charge in [-0.1, -0.05) is 25.4 Å². The van der Waals surface area contributed by atoms with Gasteiger partial charge in [0.1, 0.15) is 16.8 Å². The molecule has 0 aliphatic carbocycles. The van der Waals surface area contributed by atoms with Crippen molar-refractivity contribution in [2.24, 2.45) is 5.92 Å². The van der Waals surface area contributed by atoms with Crippen molar-refractivity contribution in [2.45, 2.75) is 33.7 Å². The summed E-state index contributed by atoms with van der Waals surface area (Å²) >= 11 is 6.05. The standard InChI is InChI=1S/C13H15ClN2O2/c1-8(2)4-5-16-12(14)11(7-17)9(3)10(6-15)13(16)18/h7-8H,4-5H2,1-3H3. The summed E-state index contributed by atoms with van der Waals surface area (Å²) in [5, 5.41) is 9.11. The molecule has 0 aliphatic heterocycles. The third kappa shape index (κ3) is 2.62. The monoisotopic (exact) mass is 266 g/mol. The largest absolute Gasteiger partial charge is 0.298 e. The Morgan fingerprint density at radius 3 is 2.56 bits per heavy atom. The Hall–Kier alpha value is -1.60. The van der Waals surface area contributed by atoms with E-state index in [1.807, 2.05) is 19.9 Å². The number of carbonyl (C=O) groups excluding carboxylic acids is 1. The molecule has 0 saturated carbocycles. The molecule has 0 atom stereocenters. The van der Waals surface area contributed by atoms with E-state index in [-0.39, 0.29) is 16.3 Å². The van der Waals surface area contributed by atoms with Gasteiger partial charge in [0, 0.05) is 6.54 Å². The molecule has 5 heteroatoms. The maximum absolute atomic E-state index is 12.1. The highest BCUT2D eigenvalue weighted by atomic mass is 35.5. The van der Waals surface area contributed by atoms with Gasteiger partial charge < -0.3 is 0 Å². The van der Waals surface area contributed by atoms with Gasteiger partial charge in [-0.3, -0.25) is 14.2 Å². The van der Waals surface area contributed by atoms with Crippen LogP contribution in [0.4, 0.5) is 0 Å². The van der Waals surface area contributed by atoms with Crippen LogP contribution in [0.3, 0.4) is 0 Å². The summed E-state index contributed by atoms with van der Waals surface area (Å²) in [6.07, 6.45) is 1.34. The van der Waals surface area contributed by atoms with Crippen LogP contribution in [0.15, 0.2) is 4.79 Å². The molecule has 0 aromatic carbocycles. The molecule has 0 amide bonds. The quantitative estimate of drug-likeness (QED) is 0.621. The van der Waals surface area contributed by atoms with Gasteiger partial charge in [-0.25, -0.2) is 0 Å². The fourth-order valence-corrected chi connectivity index (χ4v) is 2.02. The molecule has 1 aromatic heterocycles. The van der Waals surface area contributed by atoms with Crippen molar-refractivity contribution in [2.75, 3.05) is 0 Å². The average molecular weight is 267 g/mol. The summed E-state index contributed by atoms with van der Waals surface area (Å²) < 4.78 is 1.30. The van der Waals surface area contributed by atoms with Crippen molar-refractivity contribution in [3.63, 3.8) is 0 Å². The lowest BCUT2D eigenvalue weighted by molar-refractivity contribution is 0.112. The SMILES string of the molecule is Cc1c(C=O)c(Cl)n(CCC(C)C)c(=O)c1C#N. The highest BCUT2D eigenvalue weighted by Crippen LogP contribution is 2.19. The Morgan fingerprint density at radius 2 is 2.11 bits per heavy atom. The first-order valence-corrected chi connectivity index (χ1v) is 6.10. The lowest BCUT2D eigenvalue weighted by atomic mass is 10.1. The van der Waals surface area contributed by atoms with Gasteiger partial charge in [0.25, 0.3) is 5.56 Å². The van der Waals surface area contributed by atoms with Gasteiger partial charge in [-0.2, -0.15) is 5.26 Å². The minimum atomic E-state index is -0.425. The van der Waals surface area contributed by atoms with Crippen molar-refractivity contribution < 1.29 is 4.79 Å². The first kappa shape index (κ1) is 14.5. The molecule has 0 unspecified atom stereocenters. The minimum absolute atomic E-state index is 0.00902. The van der Waals surface area contributed by atoms with Crippen LogP contribution in [0.5, 0.6) is 0 Å². The molecular weight excluding hydrogens is 252 g/mol. The Morgan fingerprint density at radius 1 is 1.50 bits per heavy atom. The van der Waals surface area contributed by atoms with Gasteiger partial charge in [0.05, 0.1) is 5.56 Å². The van der Waals surface area contributed by atoms with E-state index in [0.29, 0.717) is 24.3 Å². The first-order valence-electron chi connectivity index (χ1n) is 5.72. The van der Waals surface area contributed by atoms with Gasteiger partial charge >= 0.3 is 0 Å². The molecule has 0 N–H and O–H groups in total. The number of hydrogen-bond donors (Lipinski definition) is 0. The molecule has 18 heavy (non-hydrogen) atoms. The highest BCUT2D eigenvalue weighted by Gasteiger charge is 2.17. The van der Waals surface area contributed by atoms with E-state index in [4.69, 9.17) is 16.9 Å². The molecule has 0 aliphatic rings. The van der Waals surface area contributed by atoms with Gasteiger partial charge in [0.15, 0.2) is 6.29 Å². The Balaban J connectivity index is 3.47. The maximum atomic E-state index is 12.1. The van der Waals surface area contributed by atoms with Gasteiger partial charge in [0.2, 0.25) is 0 Å². The Labute approximate surface area is 111 Å². The van der Waals surface area contributed by atoms with Crippen molar-refractivity contribution in [1.29, 1.82) is 5.26 Å². The summed E-state index contributed by atoms with van der Waals surface area (Å²) in [7, 11) is 0. The highest BCUT2D eigenvalue weighted by molar-refractivity contribution is 6.32. The summed E-state index contributed by atoms with van der Waals surface area (Å²) in [4.78, 5) is 23.1. The second kappa shape index (κ2) is 5.83. The molecule has 0 saturated heterocycles. The van der Waals surface area contributed by atoms with E-state index < -0.39 is 5.56 Å². The zero-order valence-corrected chi connectivity index (χ0v) is 11.4. The second-order valence-electron chi connectivity index (χ2n) is 4.57. The number of nitriles is 1. The Kier molecular flexibility index (Phi) is 4.69. The third-order valence-electron chi connectivity index (χ3n) is 2.86. The summed E-state index contributed by atoms with van der Waals surface area (Å²) in [5.41, 5.74) is 0.136. The molecule has 0 radical (unpaired) electrons. The van der Waals surface area contributed by atoms with Crippen molar-refractivity contribution in [3.05, 3.63) is 32.2 Å². The molecule has 1 rings (SSSR count). The van der Waals surface area contributed by atoms with E-state index in [0.717, 1.165) is 6.42 Å². The topological polar surface area (TPSA) is 62.9 Å². The third-order valence-corrected chi connectivity index (χ3v) is 3.26. The average Bonchev–Trinajstić information content (AvgIpc) is 2.29. The number of pyridine rings is 1. The molecule has 0 spiro atoms. The zero-order valence-electron chi connectivity index (χ0n) is 10.7. The van der Waals surface area contributed by atoms with Crippen molar-refractivity contribution in [3.8, 4) is 6.07 Å². The van der Waals surface area contributed by atoms with Crippen LogP contribution in [0.2, 0.25) is 5.15 Å². The van der Waals surface area contributed by atoms with Crippen LogP contribution in [0.1, 0.15) is 41.8 Å². The summed E-state index contributed by atoms with van der Waals surface area (Å²) in [5.74, 6) is 0.402. The van der Waals surface area contributed by atoms with Crippen LogP contribution in [0, 0.1) is 24.2 Å². The normalized spacial score (nSPS) is 10.4. The molecule has 1 heterocycles. The maximum Gasteiger partial charge on any atom is 0.269 e. The van der Waals surface area contributed by atoms with Gasteiger partial charge in [-0.05, 0) is 24.8 Å². The van der Waals surface area contributed by atoms with Crippen molar-refractivity contribution in [1.82, 2.24) is 4.57 Å². The lowest BCUT2D eigenvalue weighted by Crippen LogP contribution is -2.26. The smallest absolute Gasteiger partial charge is 0.269 e. The minimum Gasteiger partial charge on any atom is -0.298 e. The van der Waals surface area contributed by atoms with Crippen LogP contribution < -0.4 is 5.56 Å². The van der Waals surface area contributed by atoms with E-state index >= 15 is 0 Å². The van der Waals surface area contributed by atoms with E-state index in [2.05, 4.69) is 0 Å². The molecule has 1 aromatic rings. The summed E-state index contributed by atoms with van der Waals surface area (Å²) in [6, 6.07) is 1.84. The fraction of sp³-hybridized carbons (Fsp3) is 0.462. The predicted molar refractivity (Wildman–Crippen MR) is 70.0 cm³/mol. The zero-order chi connectivity index (χ0) is 13.9. The number of hydrogen-bond acceptors (Lipinski definition) is 3. The number of nitrogens with zero attached hydrogens (tertiary/aromatic N) is 2. The first-order chi connectivity index (χ1) is 8.43. The second-order valence-corrected chi connectivity index (χ2v) is 4.93. The molecule has 96 valence electrons. The van der Waals surface area contributed by atoms with Crippen LogP contribution in [0.25, 0.3) is 0 Å². The number of aldehydes is 1. The number of aromatic nitrogens is 1. The van der Waals surface area contributed by atoms with Crippen LogP contribution in [-0.2, 0) is 6.54 Å². The van der Waals surface area contributed by atoms with E-state index in [1.165, 1.54) is 4.57 Å². The number of rotatable bonds is 4. The van der Waals surface area contributed by atoms with Gasteiger partial charge in [-0.15, -0.1) is 0 Å². The Bertz CT molecular complexity index is 568. The van der Waals surface area contributed by atoms with Crippen LogP contribution in [-0.4, -0.2) is 10.9 Å². The van der Waals surface area contributed by atoms with E-state index in [9.17, 15) is 9.59 Å². The number of carbonyl (C=O) groups is 1. The van der Waals surface area contributed by atoms with Crippen LogP contribution >= 0.6 is 11.6 Å². The predicted octanol–water partition coefficient (Wildman–Crippen LogP) is 2.54. The molecule has 0 bridgehead atoms. The van der Waals surface area contributed by atoms with Crippen molar-refractivity contribution >= 4 is 17.9 Å². The lowest BCUT2D eigenvalue weighted by Gasteiger charge is -2.14. The molecule has 4 nitrogen and oxygen atoms in total. The fourth-order valence-electron chi connectivity index (χ4n) is 1.67. The summed E-state index contributed by atoms with van der Waals surface area (Å²) in [6.45, 7) is 6.02.